The minimum atomic E-state index is -0.950. The normalized spacial score (nSPS) is 27.8. The molecule has 0 aromatic heterocycles. The molecule has 5 nitrogen and oxygen atoms in total. The van der Waals surface area contributed by atoms with E-state index in [2.05, 4.69) is 0 Å². The molecular weight excluding hydrogens is 222 g/mol. The maximum absolute atomic E-state index is 11.7. The summed E-state index contributed by atoms with van der Waals surface area (Å²) in [5.74, 6) is 0.300. The van der Waals surface area contributed by atoms with Crippen LogP contribution in [0.25, 0.3) is 0 Å². The van der Waals surface area contributed by atoms with E-state index in [0.29, 0.717) is 12.5 Å². The minimum Gasteiger partial charge on any atom is -0.468 e. The summed E-state index contributed by atoms with van der Waals surface area (Å²) >= 11 is 0. The van der Waals surface area contributed by atoms with Crippen molar-refractivity contribution in [1.82, 2.24) is 0 Å². The summed E-state index contributed by atoms with van der Waals surface area (Å²) in [6.07, 6.45) is 3.00. The standard InChI is InChI=1S/C12H21NO4/c1-15-11(14)12(13,10-2-3-10)8-17-7-9-4-5-16-6-9/h9-10H,2-8,13H2,1H3. The average molecular weight is 243 g/mol. The van der Waals surface area contributed by atoms with E-state index in [-0.39, 0.29) is 18.5 Å². The van der Waals surface area contributed by atoms with Crippen molar-refractivity contribution < 1.29 is 19.0 Å². The largest absolute Gasteiger partial charge is 0.468 e. The van der Waals surface area contributed by atoms with E-state index in [1.54, 1.807) is 0 Å². The molecule has 2 N–H and O–H groups in total. The predicted molar refractivity (Wildman–Crippen MR) is 61.4 cm³/mol. The lowest BCUT2D eigenvalue weighted by atomic mass is 9.96. The monoisotopic (exact) mass is 243 g/mol. The van der Waals surface area contributed by atoms with Crippen molar-refractivity contribution in [3.8, 4) is 0 Å². The van der Waals surface area contributed by atoms with Crippen molar-refractivity contribution in [2.75, 3.05) is 33.5 Å². The lowest BCUT2D eigenvalue weighted by molar-refractivity contribution is -0.151. The lowest BCUT2D eigenvalue weighted by Gasteiger charge is -2.26. The summed E-state index contributed by atoms with van der Waals surface area (Å²) in [5, 5.41) is 0. The van der Waals surface area contributed by atoms with Gasteiger partial charge in [-0.2, -0.15) is 0 Å². The number of esters is 1. The molecule has 1 aliphatic heterocycles. The molecule has 2 aliphatic rings. The number of hydrogen-bond acceptors (Lipinski definition) is 5. The SMILES string of the molecule is COC(=O)C(N)(COCC1CCOC1)C1CC1. The van der Waals surface area contributed by atoms with Crippen molar-refractivity contribution in [3.05, 3.63) is 0 Å². The Morgan fingerprint density at radius 1 is 1.47 bits per heavy atom. The Bertz CT molecular complexity index is 274. The summed E-state index contributed by atoms with van der Waals surface area (Å²) in [4.78, 5) is 11.7. The molecule has 0 bridgehead atoms. The molecule has 2 fully saturated rings. The van der Waals surface area contributed by atoms with Gasteiger partial charge < -0.3 is 19.9 Å². The molecule has 0 spiro atoms. The highest BCUT2D eigenvalue weighted by Crippen LogP contribution is 2.39. The van der Waals surface area contributed by atoms with Crippen molar-refractivity contribution >= 4 is 5.97 Å². The Labute approximate surface area is 102 Å². The predicted octanol–water partition coefficient (Wildman–Crippen LogP) is 0.320. The molecule has 1 aliphatic carbocycles. The molecule has 2 unspecified atom stereocenters. The first-order valence-corrected chi connectivity index (χ1v) is 6.19. The first-order valence-electron chi connectivity index (χ1n) is 6.19. The van der Waals surface area contributed by atoms with Crippen LogP contribution in [-0.4, -0.2) is 45.0 Å². The Hall–Kier alpha value is -0.650. The van der Waals surface area contributed by atoms with Crippen LogP contribution >= 0.6 is 0 Å². The first-order chi connectivity index (χ1) is 8.16. The van der Waals surface area contributed by atoms with Crippen molar-refractivity contribution in [2.45, 2.75) is 24.8 Å². The van der Waals surface area contributed by atoms with E-state index >= 15 is 0 Å². The number of ether oxygens (including phenoxy) is 3. The van der Waals surface area contributed by atoms with Gasteiger partial charge in [-0.05, 0) is 25.2 Å². The second-order valence-electron chi connectivity index (χ2n) is 5.05. The topological polar surface area (TPSA) is 70.8 Å². The average Bonchev–Trinajstić information content (AvgIpc) is 3.07. The van der Waals surface area contributed by atoms with E-state index < -0.39 is 5.54 Å². The highest BCUT2D eigenvalue weighted by Gasteiger charge is 2.49. The van der Waals surface area contributed by atoms with Crippen LogP contribution in [0.15, 0.2) is 0 Å². The third kappa shape index (κ3) is 2.97. The molecule has 17 heavy (non-hydrogen) atoms. The van der Waals surface area contributed by atoms with Gasteiger partial charge in [-0.3, -0.25) is 0 Å². The molecule has 5 heteroatoms. The number of nitrogens with two attached hydrogens (primary N) is 1. The van der Waals surface area contributed by atoms with Gasteiger partial charge in [0.15, 0.2) is 0 Å². The Kier molecular flexibility index (Phi) is 4.01. The van der Waals surface area contributed by atoms with Crippen LogP contribution in [-0.2, 0) is 19.0 Å². The number of carbonyl (C=O) groups is 1. The van der Waals surface area contributed by atoms with E-state index in [9.17, 15) is 4.79 Å². The number of carbonyl (C=O) groups excluding carboxylic acids is 1. The fourth-order valence-electron chi connectivity index (χ4n) is 2.24. The van der Waals surface area contributed by atoms with Gasteiger partial charge in [0.2, 0.25) is 0 Å². The number of hydrogen-bond donors (Lipinski definition) is 1. The Balaban J connectivity index is 1.79. The van der Waals surface area contributed by atoms with Gasteiger partial charge in [0.05, 0.1) is 26.9 Å². The number of rotatable bonds is 6. The van der Waals surface area contributed by atoms with Crippen molar-refractivity contribution in [3.63, 3.8) is 0 Å². The second kappa shape index (κ2) is 5.33. The summed E-state index contributed by atoms with van der Waals surface area (Å²) in [6, 6.07) is 0. The molecule has 1 saturated heterocycles. The van der Waals surface area contributed by atoms with Crippen LogP contribution in [0.5, 0.6) is 0 Å². The highest BCUT2D eigenvalue weighted by molar-refractivity contribution is 5.81. The summed E-state index contributed by atoms with van der Waals surface area (Å²) in [6.45, 7) is 2.42. The first kappa shape index (κ1) is 12.8. The quantitative estimate of drug-likeness (QED) is 0.680. The van der Waals surface area contributed by atoms with Crippen LogP contribution in [0.3, 0.4) is 0 Å². The highest BCUT2D eigenvalue weighted by atomic mass is 16.5. The maximum Gasteiger partial charge on any atom is 0.328 e. The summed E-state index contributed by atoms with van der Waals surface area (Å²) in [7, 11) is 1.37. The molecule has 0 aromatic rings. The van der Waals surface area contributed by atoms with Gasteiger partial charge in [-0.25, -0.2) is 4.79 Å². The van der Waals surface area contributed by atoms with Crippen LogP contribution in [0.4, 0.5) is 0 Å². The smallest absolute Gasteiger partial charge is 0.328 e. The van der Waals surface area contributed by atoms with Crippen LogP contribution in [0.2, 0.25) is 0 Å². The molecule has 0 aromatic carbocycles. The molecule has 1 heterocycles. The zero-order chi connectivity index (χ0) is 12.3. The van der Waals surface area contributed by atoms with Gasteiger partial charge >= 0.3 is 5.97 Å². The van der Waals surface area contributed by atoms with Gasteiger partial charge in [0, 0.05) is 12.5 Å². The second-order valence-corrected chi connectivity index (χ2v) is 5.05. The van der Waals surface area contributed by atoms with Gasteiger partial charge in [-0.15, -0.1) is 0 Å². The Morgan fingerprint density at radius 2 is 2.24 bits per heavy atom. The van der Waals surface area contributed by atoms with Crippen LogP contribution < -0.4 is 5.73 Å². The third-order valence-electron chi connectivity index (χ3n) is 3.59. The lowest BCUT2D eigenvalue weighted by Crippen LogP contribution is -2.54. The third-order valence-corrected chi connectivity index (χ3v) is 3.59. The van der Waals surface area contributed by atoms with Gasteiger partial charge in [0.25, 0.3) is 0 Å². The zero-order valence-electron chi connectivity index (χ0n) is 10.3. The molecule has 2 atom stereocenters. The maximum atomic E-state index is 11.7. The summed E-state index contributed by atoms with van der Waals surface area (Å²) in [5.41, 5.74) is 5.16. The fraction of sp³-hybridized carbons (Fsp3) is 0.917. The van der Waals surface area contributed by atoms with E-state index in [4.69, 9.17) is 19.9 Å². The van der Waals surface area contributed by atoms with Crippen molar-refractivity contribution in [2.24, 2.45) is 17.6 Å². The molecule has 0 radical (unpaired) electrons. The molecule has 0 amide bonds. The molecule has 2 rings (SSSR count). The van der Waals surface area contributed by atoms with Gasteiger partial charge in [0.1, 0.15) is 5.54 Å². The van der Waals surface area contributed by atoms with Crippen LogP contribution in [0, 0.1) is 11.8 Å². The molecular formula is C12H21NO4. The number of methoxy groups -OCH3 is 1. The van der Waals surface area contributed by atoms with E-state index in [1.165, 1.54) is 7.11 Å². The molecule has 1 saturated carbocycles. The Morgan fingerprint density at radius 3 is 2.76 bits per heavy atom. The fourth-order valence-corrected chi connectivity index (χ4v) is 2.24. The van der Waals surface area contributed by atoms with Gasteiger partial charge in [-0.1, -0.05) is 0 Å². The van der Waals surface area contributed by atoms with E-state index in [0.717, 1.165) is 32.5 Å². The minimum absolute atomic E-state index is 0.217. The summed E-state index contributed by atoms with van der Waals surface area (Å²) < 4.78 is 15.6. The van der Waals surface area contributed by atoms with E-state index in [1.807, 2.05) is 0 Å². The van der Waals surface area contributed by atoms with Crippen molar-refractivity contribution in [1.29, 1.82) is 0 Å². The van der Waals surface area contributed by atoms with Crippen LogP contribution in [0.1, 0.15) is 19.3 Å². The molecule has 98 valence electrons. The zero-order valence-corrected chi connectivity index (χ0v) is 10.3.